The van der Waals surface area contributed by atoms with E-state index >= 15 is 0 Å². The zero-order chi connectivity index (χ0) is 21.8. The Hall–Kier alpha value is -3.67. The smallest absolute Gasteiger partial charge is 0.225 e. The molecular weight excluding hydrogens is 394 g/mol. The topological polar surface area (TPSA) is 66.0 Å². The average Bonchev–Trinajstić information content (AvgIpc) is 2.81. The molecule has 0 bridgehead atoms. The summed E-state index contributed by atoms with van der Waals surface area (Å²) in [6.45, 7) is 0.447. The molecule has 6 heteroatoms. The van der Waals surface area contributed by atoms with Gasteiger partial charge in [0, 0.05) is 24.1 Å². The van der Waals surface area contributed by atoms with E-state index < -0.39 is 0 Å². The Morgan fingerprint density at radius 2 is 1.52 bits per heavy atom. The minimum Gasteiger partial charge on any atom is -0.493 e. The number of rotatable bonds is 7. The second-order valence-electron chi connectivity index (χ2n) is 7.28. The molecule has 3 aromatic carbocycles. The molecule has 0 saturated heterocycles. The number of carbonyl (C=O) groups excluding carboxylic acids is 1. The van der Waals surface area contributed by atoms with Crippen LogP contribution in [0.2, 0.25) is 0 Å². The number of hydrogen-bond acceptors (Lipinski definition) is 5. The number of carbonyl (C=O) groups is 1. The van der Waals surface area contributed by atoms with Crippen molar-refractivity contribution in [3.05, 3.63) is 77.4 Å². The van der Waals surface area contributed by atoms with Crippen molar-refractivity contribution < 1.29 is 23.7 Å². The van der Waals surface area contributed by atoms with Crippen molar-refractivity contribution in [2.24, 2.45) is 0 Å². The number of methoxy groups -OCH3 is 3. The highest BCUT2D eigenvalue weighted by molar-refractivity contribution is 5.96. The number of benzene rings is 3. The minimum absolute atomic E-state index is 0.0481. The normalized spacial score (nSPS) is 14.9. The van der Waals surface area contributed by atoms with Crippen LogP contribution < -0.4 is 24.3 Å². The van der Waals surface area contributed by atoms with E-state index in [9.17, 15) is 4.79 Å². The van der Waals surface area contributed by atoms with Gasteiger partial charge in [0.25, 0.3) is 0 Å². The lowest BCUT2D eigenvalue weighted by Crippen LogP contribution is -2.23. The summed E-state index contributed by atoms with van der Waals surface area (Å²) in [4.78, 5) is 12.4. The first kappa shape index (κ1) is 20.6. The van der Waals surface area contributed by atoms with E-state index in [1.54, 1.807) is 27.4 Å². The lowest BCUT2D eigenvalue weighted by atomic mass is 9.84. The summed E-state index contributed by atoms with van der Waals surface area (Å²) in [5.41, 5.74) is 3.74. The fourth-order valence-corrected chi connectivity index (χ4v) is 3.84. The summed E-state index contributed by atoms with van der Waals surface area (Å²) >= 11 is 0. The molecule has 1 heterocycles. The van der Waals surface area contributed by atoms with Gasteiger partial charge in [-0.05, 0) is 34.9 Å². The standard InChI is InChI=1S/C25H25NO5/c1-28-22-11-17(9-10-21(22)31-15-16-7-5-4-6-8-16)18-13-25(27)26-20-14-24(30-3)23(29-2)12-19(18)20/h4-12,14,18H,13,15H2,1-3H3,(H,26,27)/t18-/m0/s1. The van der Waals surface area contributed by atoms with Gasteiger partial charge in [-0.3, -0.25) is 4.79 Å². The van der Waals surface area contributed by atoms with E-state index in [0.717, 1.165) is 22.4 Å². The van der Waals surface area contributed by atoms with Gasteiger partial charge in [0.2, 0.25) is 5.91 Å². The van der Waals surface area contributed by atoms with E-state index in [2.05, 4.69) is 5.32 Å². The largest absolute Gasteiger partial charge is 0.493 e. The van der Waals surface area contributed by atoms with Gasteiger partial charge in [0.05, 0.1) is 21.3 Å². The Labute approximate surface area is 181 Å². The SMILES string of the molecule is COc1cc2c(cc1OC)[C@H](c1ccc(OCc3ccccc3)c(OC)c1)CC(=O)N2. The van der Waals surface area contributed by atoms with E-state index in [1.807, 2.05) is 54.6 Å². The lowest BCUT2D eigenvalue weighted by Gasteiger charge is -2.27. The zero-order valence-electron chi connectivity index (χ0n) is 17.8. The Bertz CT molecular complexity index is 1080. The summed E-state index contributed by atoms with van der Waals surface area (Å²) in [6.07, 6.45) is 0.329. The Morgan fingerprint density at radius 1 is 0.839 bits per heavy atom. The molecule has 6 nitrogen and oxygen atoms in total. The average molecular weight is 419 g/mol. The fourth-order valence-electron chi connectivity index (χ4n) is 3.84. The van der Waals surface area contributed by atoms with Crippen molar-refractivity contribution in [3.8, 4) is 23.0 Å². The quantitative estimate of drug-likeness (QED) is 0.598. The van der Waals surface area contributed by atoms with Crippen LogP contribution in [0.25, 0.3) is 0 Å². The number of anilines is 1. The van der Waals surface area contributed by atoms with Gasteiger partial charge < -0.3 is 24.3 Å². The molecule has 0 saturated carbocycles. The van der Waals surface area contributed by atoms with Gasteiger partial charge in [-0.1, -0.05) is 36.4 Å². The Balaban J connectivity index is 1.66. The van der Waals surface area contributed by atoms with Crippen LogP contribution in [-0.4, -0.2) is 27.2 Å². The van der Waals surface area contributed by atoms with Crippen LogP contribution in [0.1, 0.15) is 29.0 Å². The van der Waals surface area contributed by atoms with Crippen LogP contribution in [0.15, 0.2) is 60.7 Å². The first-order valence-electron chi connectivity index (χ1n) is 10.0. The third kappa shape index (κ3) is 4.28. The highest BCUT2D eigenvalue weighted by atomic mass is 16.5. The molecule has 0 spiro atoms. The molecular formula is C25H25NO5. The van der Waals surface area contributed by atoms with Crippen LogP contribution in [0.4, 0.5) is 5.69 Å². The molecule has 0 fully saturated rings. The van der Waals surface area contributed by atoms with Gasteiger partial charge >= 0.3 is 0 Å². The number of fused-ring (bicyclic) bond motifs is 1. The van der Waals surface area contributed by atoms with Crippen molar-refractivity contribution in [2.75, 3.05) is 26.6 Å². The van der Waals surface area contributed by atoms with E-state index in [0.29, 0.717) is 36.0 Å². The molecule has 3 aromatic rings. The Morgan fingerprint density at radius 3 is 2.23 bits per heavy atom. The molecule has 1 N–H and O–H groups in total. The summed E-state index contributed by atoms with van der Waals surface area (Å²) in [6, 6.07) is 19.5. The number of hydrogen-bond donors (Lipinski definition) is 1. The highest BCUT2D eigenvalue weighted by Crippen LogP contribution is 2.44. The zero-order valence-corrected chi connectivity index (χ0v) is 17.8. The maximum atomic E-state index is 12.4. The van der Waals surface area contributed by atoms with E-state index in [1.165, 1.54) is 0 Å². The van der Waals surface area contributed by atoms with Crippen molar-refractivity contribution in [1.29, 1.82) is 0 Å². The van der Waals surface area contributed by atoms with E-state index in [-0.39, 0.29) is 11.8 Å². The number of nitrogens with one attached hydrogen (secondary N) is 1. The summed E-state index contributed by atoms with van der Waals surface area (Å²) in [7, 11) is 4.79. The molecule has 160 valence electrons. The van der Waals surface area contributed by atoms with Crippen LogP contribution in [0.5, 0.6) is 23.0 Å². The summed E-state index contributed by atoms with van der Waals surface area (Å²) in [5.74, 6) is 2.29. The fraction of sp³-hybridized carbons (Fsp3) is 0.240. The van der Waals surface area contributed by atoms with Gasteiger partial charge in [-0.2, -0.15) is 0 Å². The van der Waals surface area contributed by atoms with Gasteiger partial charge in [-0.15, -0.1) is 0 Å². The van der Waals surface area contributed by atoms with Gasteiger partial charge in [-0.25, -0.2) is 0 Å². The first-order chi connectivity index (χ1) is 15.1. The third-order valence-electron chi connectivity index (χ3n) is 5.42. The second-order valence-corrected chi connectivity index (χ2v) is 7.28. The molecule has 1 aliphatic rings. The lowest BCUT2D eigenvalue weighted by molar-refractivity contribution is -0.116. The molecule has 0 aliphatic carbocycles. The van der Waals surface area contributed by atoms with Crippen molar-refractivity contribution in [3.63, 3.8) is 0 Å². The van der Waals surface area contributed by atoms with Crippen molar-refractivity contribution in [2.45, 2.75) is 18.9 Å². The summed E-state index contributed by atoms with van der Waals surface area (Å²) in [5, 5.41) is 2.93. The molecule has 4 rings (SSSR count). The molecule has 31 heavy (non-hydrogen) atoms. The molecule has 0 unspecified atom stereocenters. The van der Waals surface area contributed by atoms with Crippen LogP contribution in [0, 0.1) is 0 Å². The van der Waals surface area contributed by atoms with Crippen molar-refractivity contribution >= 4 is 11.6 Å². The molecule has 1 atom stereocenters. The van der Waals surface area contributed by atoms with Crippen LogP contribution in [0.3, 0.4) is 0 Å². The Kier molecular flexibility index (Phi) is 5.98. The first-order valence-corrected chi connectivity index (χ1v) is 10.0. The third-order valence-corrected chi connectivity index (χ3v) is 5.42. The molecule has 1 amide bonds. The van der Waals surface area contributed by atoms with Crippen LogP contribution >= 0.6 is 0 Å². The predicted molar refractivity (Wildman–Crippen MR) is 118 cm³/mol. The van der Waals surface area contributed by atoms with Gasteiger partial charge in [0.1, 0.15) is 6.61 Å². The van der Waals surface area contributed by atoms with Crippen molar-refractivity contribution in [1.82, 2.24) is 0 Å². The number of amides is 1. The van der Waals surface area contributed by atoms with E-state index in [4.69, 9.17) is 18.9 Å². The molecule has 1 aliphatic heterocycles. The minimum atomic E-state index is -0.138. The second kappa shape index (κ2) is 9.00. The molecule has 0 radical (unpaired) electrons. The maximum absolute atomic E-state index is 12.4. The summed E-state index contributed by atoms with van der Waals surface area (Å²) < 4.78 is 22.4. The highest BCUT2D eigenvalue weighted by Gasteiger charge is 2.29. The predicted octanol–water partition coefficient (Wildman–Crippen LogP) is 4.77. The maximum Gasteiger partial charge on any atom is 0.225 e. The van der Waals surface area contributed by atoms with Crippen LogP contribution in [-0.2, 0) is 11.4 Å². The molecule has 0 aromatic heterocycles. The number of ether oxygens (including phenoxy) is 4. The van der Waals surface area contributed by atoms with Gasteiger partial charge in [0.15, 0.2) is 23.0 Å². The monoisotopic (exact) mass is 419 g/mol.